The summed E-state index contributed by atoms with van der Waals surface area (Å²) in [5.74, 6) is -2.21. The van der Waals surface area contributed by atoms with Crippen LogP contribution in [0.15, 0.2) is 41.2 Å². The van der Waals surface area contributed by atoms with Crippen LogP contribution >= 0.6 is 0 Å². The van der Waals surface area contributed by atoms with Gasteiger partial charge in [-0.05, 0) is 19.1 Å². The van der Waals surface area contributed by atoms with Crippen molar-refractivity contribution in [3.05, 3.63) is 41.9 Å². The van der Waals surface area contributed by atoms with E-state index in [1.807, 2.05) is 17.0 Å². The molecule has 0 fully saturated rings. The van der Waals surface area contributed by atoms with Crippen molar-refractivity contribution in [1.29, 1.82) is 0 Å². The average Bonchev–Trinajstić information content (AvgIpc) is 2.35. The summed E-state index contributed by atoms with van der Waals surface area (Å²) < 4.78 is 38.3. The summed E-state index contributed by atoms with van der Waals surface area (Å²) in [7, 11) is -2.62. The number of aryl methyl sites for hydroxylation is 1. The van der Waals surface area contributed by atoms with Crippen LogP contribution in [0.3, 0.4) is 0 Å². The van der Waals surface area contributed by atoms with Gasteiger partial charge in [-0.3, -0.25) is 9.52 Å². The SMILES string of the molecule is C.CNC(=O)/C(F)=C\NS(=O)(=O)c1ccc(C)cc1. The minimum absolute atomic E-state index is 0. The van der Waals surface area contributed by atoms with E-state index < -0.39 is 21.8 Å². The lowest BCUT2D eigenvalue weighted by molar-refractivity contribution is -0.118. The topological polar surface area (TPSA) is 75.3 Å². The minimum Gasteiger partial charge on any atom is -0.353 e. The molecule has 5 nitrogen and oxygen atoms in total. The smallest absolute Gasteiger partial charge is 0.281 e. The molecule has 106 valence electrons. The Labute approximate surface area is 112 Å². The number of sulfonamides is 1. The van der Waals surface area contributed by atoms with Crippen molar-refractivity contribution in [1.82, 2.24) is 10.0 Å². The minimum atomic E-state index is -3.86. The lowest BCUT2D eigenvalue weighted by Crippen LogP contribution is -2.23. The van der Waals surface area contributed by atoms with Crippen LogP contribution in [0.2, 0.25) is 0 Å². The molecule has 2 N–H and O–H groups in total. The van der Waals surface area contributed by atoms with Crippen molar-refractivity contribution in [2.24, 2.45) is 0 Å². The van der Waals surface area contributed by atoms with E-state index in [2.05, 4.69) is 0 Å². The number of carbonyl (C=O) groups is 1. The van der Waals surface area contributed by atoms with Gasteiger partial charge in [-0.1, -0.05) is 25.1 Å². The monoisotopic (exact) mass is 288 g/mol. The number of hydrogen-bond acceptors (Lipinski definition) is 3. The van der Waals surface area contributed by atoms with Gasteiger partial charge in [0.05, 0.1) is 11.1 Å². The van der Waals surface area contributed by atoms with Gasteiger partial charge in [0.1, 0.15) is 0 Å². The molecule has 0 heterocycles. The van der Waals surface area contributed by atoms with Gasteiger partial charge in [0.15, 0.2) is 0 Å². The molecule has 0 aliphatic heterocycles. The lowest BCUT2D eigenvalue weighted by atomic mass is 10.2. The maximum Gasteiger partial charge on any atom is 0.281 e. The van der Waals surface area contributed by atoms with Crippen molar-refractivity contribution < 1.29 is 17.6 Å². The van der Waals surface area contributed by atoms with Gasteiger partial charge >= 0.3 is 0 Å². The summed E-state index contributed by atoms with van der Waals surface area (Å²) in [5, 5.41) is 2.03. The Morgan fingerprint density at radius 3 is 2.26 bits per heavy atom. The van der Waals surface area contributed by atoms with E-state index in [1.165, 1.54) is 19.2 Å². The second-order valence-electron chi connectivity index (χ2n) is 3.51. The highest BCUT2D eigenvalue weighted by atomic mass is 32.2. The van der Waals surface area contributed by atoms with Crippen molar-refractivity contribution in [2.45, 2.75) is 19.2 Å². The summed E-state index contributed by atoms with van der Waals surface area (Å²) in [5.41, 5.74) is 0.904. The first-order valence-electron chi connectivity index (χ1n) is 5.03. The zero-order valence-corrected chi connectivity index (χ0v) is 10.7. The van der Waals surface area contributed by atoms with E-state index in [0.717, 1.165) is 5.56 Å². The maximum atomic E-state index is 13.0. The Morgan fingerprint density at radius 2 is 1.79 bits per heavy atom. The average molecular weight is 288 g/mol. The third kappa shape index (κ3) is 4.70. The third-order valence-electron chi connectivity index (χ3n) is 2.12. The predicted octanol–water partition coefficient (Wildman–Crippen LogP) is 1.47. The van der Waals surface area contributed by atoms with Crippen LogP contribution in [0.4, 0.5) is 4.39 Å². The fraction of sp³-hybridized carbons (Fsp3) is 0.250. The molecule has 7 heteroatoms. The Hall–Kier alpha value is -1.89. The molecule has 0 aliphatic rings. The largest absolute Gasteiger partial charge is 0.353 e. The molecule has 0 unspecified atom stereocenters. The van der Waals surface area contributed by atoms with Crippen LogP contribution in [0.1, 0.15) is 13.0 Å². The first-order valence-corrected chi connectivity index (χ1v) is 6.52. The Balaban J connectivity index is 0.00000324. The molecule has 0 aliphatic carbocycles. The number of carbonyl (C=O) groups excluding carboxylic acids is 1. The molecule has 0 saturated heterocycles. The first-order chi connectivity index (χ1) is 8.36. The molecule has 0 atom stereocenters. The molecule has 1 rings (SSSR count). The fourth-order valence-electron chi connectivity index (χ4n) is 1.10. The van der Waals surface area contributed by atoms with Crippen LogP contribution in [0, 0.1) is 6.92 Å². The van der Waals surface area contributed by atoms with Crippen LogP contribution in [-0.4, -0.2) is 21.4 Å². The van der Waals surface area contributed by atoms with Crippen LogP contribution < -0.4 is 10.0 Å². The van der Waals surface area contributed by atoms with Gasteiger partial charge in [0, 0.05) is 7.05 Å². The summed E-state index contributed by atoms with van der Waals surface area (Å²) in [6.45, 7) is 1.81. The quantitative estimate of drug-likeness (QED) is 0.824. The van der Waals surface area contributed by atoms with Gasteiger partial charge in [0.25, 0.3) is 15.9 Å². The molecule has 0 saturated carbocycles. The molecule has 0 spiro atoms. The zero-order valence-electron chi connectivity index (χ0n) is 9.90. The zero-order chi connectivity index (χ0) is 13.8. The van der Waals surface area contributed by atoms with Gasteiger partial charge in [-0.25, -0.2) is 8.42 Å². The molecule has 1 aromatic carbocycles. The summed E-state index contributed by atoms with van der Waals surface area (Å²) in [4.78, 5) is 10.8. The molecule has 1 amide bonds. The van der Waals surface area contributed by atoms with Gasteiger partial charge in [-0.15, -0.1) is 0 Å². The molecular formula is C12H17FN2O3S. The number of amides is 1. The number of halogens is 1. The van der Waals surface area contributed by atoms with E-state index in [9.17, 15) is 17.6 Å². The van der Waals surface area contributed by atoms with E-state index >= 15 is 0 Å². The number of hydrogen-bond donors (Lipinski definition) is 2. The molecule has 0 bridgehead atoms. The summed E-state index contributed by atoms with van der Waals surface area (Å²) in [6, 6.07) is 6.02. The standard InChI is InChI=1S/C11H13FN2O3S.CH4/c1-8-3-5-9(6-4-8)18(16,17)14-7-10(12)11(15)13-2;/h3-7,14H,1-2H3,(H,13,15);1H4/b10-7+;. The highest BCUT2D eigenvalue weighted by Crippen LogP contribution is 2.10. The van der Waals surface area contributed by atoms with Crippen molar-refractivity contribution in [3.8, 4) is 0 Å². The normalized spacial score (nSPS) is 11.4. The van der Waals surface area contributed by atoms with Crippen LogP contribution in [0.25, 0.3) is 0 Å². The van der Waals surface area contributed by atoms with Crippen molar-refractivity contribution >= 4 is 15.9 Å². The summed E-state index contributed by atoms with van der Waals surface area (Å²) in [6.07, 6.45) is 0.508. The highest BCUT2D eigenvalue weighted by Gasteiger charge is 2.13. The van der Waals surface area contributed by atoms with E-state index in [1.54, 1.807) is 12.1 Å². The van der Waals surface area contributed by atoms with E-state index in [4.69, 9.17) is 0 Å². The third-order valence-corrected chi connectivity index (χ3v) is 3.44. The van der Waals surface area contributed by atoms with Crippen LogP contribution in [-0.2, 0) is 14.8 Å². The van der Waals surface area contributed by atoms with Gasteiger partial charge in [-0.2, -0.15) is 4.39 Å². The Morgan fingerprint density at radius 1 is 1.26 bits per heavy atom. The van der Waals surface area contributed by atoms with Crippen molar-refractivity contribution in [3.63, 3.8) is 0 Å². The second-order valence-corrected chi connectivity index (χ2v) is 5.22. The Bertz CT molecular complexity index is 565. The highest BCUT2D eigenvalue weighted by molar-refractivity contribution is 7.89. The number of nitrogens with one attached hydrogen (secondary N) is 2. The van der Waals surface area contributed by atoms with Gasteiger partial charge < -0.3 is 5.32 Å². The van der Waals surface area contributed by atoms with Crippen LogP contribution in [0.5, 0.6) is 0 Å². The van der Waals surface area contributed by atoms with E-state index in [-0.39, 0.29) is 12.3 Å². The molecule has 1 aromatic rings. The molecule has 19 heavy (non-hydrogen) atoms. The molecule has 0 radical (unpaired) electrons. The summed E-state index contributed by atoms with van der Waals surface area (Å²) >= 11 is 0. The Kier molecular flexibility index (Phi) is 6.20. The van der Waals surface area contributed by atoms with Gasteiger partial charge in [0.2, 0.25) is 5.83 Å². The van der Waals surface area contributed by atoms with E-state index in [0.29, 0.717) is 6.20 Å². The molecular weight excluding hydrogens is 271 g/mol. The molecule has 0 aromatic heterocycles. The second kappa shape index (κ2) is 6.89. The predicted molar refractivity (Wildman–Crippen MR) is 71.5 cm³/mol. The number of likely N-dealkylation sites (N-methyl/N-ethyl adjacent to an activating group) is 1. The first kappa shape index (κ1) is 17.1. The number of benzene rings is 1. The van der Waals surface area contributed by atoms with Crippen molar-refractivity contribution in [2.75, 3.05) is 7.05 Å². The maximum absolute atomic E-state index is 13.0. The fourth-order valence-corrected chi connectivity index (χ4v) is 1.99. The number of rotatable bonds is 4. The lowest BCUT2D eigenvalue weighted by Gasteiger charge is -2.04.